The number of phenolic OH excluding ortho intramolecular Hbond substituents is 1. The summed E-state index contributed by atoms with van der Waals surface area (Å²) in [7, 11) is 0. The Balaban J connectivity index is 2.78. The molecule has 0 saturated heterocycles. The van der Waals surface area contributed by atoms with Crippen LogP contribution in [0.2, 0.25) is 0 Å². The van der Waals surface area contributed by atoms with Gasteiger partial charge in [0.1, 0.15) is 0 Å². The van der Waals surface area contributed by atoms with Gasteiger partial charge in [0.2, 0.25) is 0 Å². The summed E-state index contributed by atoms with van der Waals surface area (Å²) < 4.78 is 12.7. The molecule has 3 nitrogen and oxygen atoms in total. The third-order valence-electron chi connectivity index (χ3n) is 1.56. The molecule has 0 amide bonds. The third-order valence-corrected chi connectivity index (χ3v) is 1.56. The van der Waals surface area contributed by atoms with Crippen LogP contribution in [-0.4, -0.2) is 11.7 Å². The lowest BCUT2D eigenvalue weighted by Gasteiger charge is -2.03. The maximum absolute atomic E-state index is 12.7. The molecule has 3 N–H and O–H groups in total. The van der Waals surface area contributed by atoms with Crippen molar-refractivity contribution < 1.29 is 14.3 Å². The minimum Gasteiger partial charge on any atom is -0.505 e. The van der Waals surface area contributed by atoms with Gasteiger partial charge in [-0.25, -0.2) is 10.3 Å². The first-order valence-electron chi connectivity index (χ1n) is 3.53. The van der Waals surface area contributed by atoms with Crippen molar-refractivity contribution in [3.63, 3.8) is 0 Å². The quantitative estimate of drug-likeness (QED) is 0.666. The van der Waals surface area contributed by atoms with E-state index in [4.69, 9.17) is 11.0 Å². The molecule has 0 atom stereocenters. The standard InChI is InChI=1S/C8H10FNO2/c9-7-3-1-2-6(8(7)11)4-5-12-10/h1-3,11H,4-5,10H2. The van der Waals surface area contributed by atoms with Gasteiger partial charge in [0, 0.05) is 6.42 Å². The van der Waals surface area contributed by atoms with Gasteiger partial charge in [0.05, 0.1) is 6.61 Å². The molecule has 0 aliphatic carbocycles. The molecular weight excluding hydrogens is 161 g/mol. The van der Waals surface area contributed by atoms with Crippen LogP contribution < -0.4 is 5.90 Å². The Bertz CT molecular complexity index is 265. The zero-order chi connectivity index (χ0) is 8.97. The van der Waals surface area contributed by atoms with Gasteiger partial charge in [-0.2, -0.15) is 0 Å². The van der Waals surface area contributed by atoms with Gasteiger partial charge in [-0.1, -0.05) is 12.1 Å². The second-order valence-electron chi connectivity index (χ2n) is 2.37. The van der Waals surface area contributed by atoms with Gasteiger partial charge in [-0.05, 0) is 11.6 Å². The first kappa shape index (κ1) is 8.96. The smallest absolute Gasteiger partial charge is 0.165 e. The lowest BCUT2D eigenvalue weighted by atomic mass is 10.1. The molecule has 12 heavy (non-hydrogen) atoms. The number of phenols is 1. The lowest BCUT2D eigenvalue weighted by Crippen LogP contribution is -2.04. The summed E-state index contributed by atoms with van der Waals surface area (Å²) in [5, 5.41) is 9.15. The van der Waals surface area contributed by atoms with E-state index in [1.807, 2.05) is 0 Å². The second kappa shape index (κ2) is 4.04. The van der Waals surface area contributed by atoms with Crippen LogP contribution in [0, 0.1) is 5.82 Å². The van der Waals surface area contributed by atoms with E-state index < -0.39 is 5.82 Å². The fraction of sp³-hybridized carbons (Fsp3) is 0.250. The van der Waals surface area contributed by atoms with Crippen LogP contribution in [0.25, 0.3) is 0 Å². The minimum absolute atomic E-state index is 0.261. The summed E-state index contributed by atoms with van der Waals surface area (Å²) in [6.45, 7) is 0.261. The number of hydrogen-bond donors (Lipinski definition) is 2. The van der Waals surface area contributed by atoms with Crippen LogP contribution in [0.1, 0.15) is 5.56 Å². The number of para-hydroxylation sites is 1. The molecule has 1 rings (SSSR count). The molecule has 0 heterocycles. The molecule has 0 radical (unpaired) electrons. The Labute approximate surface area is 69.5 Å². The molecule has 0 saturated carbocycles. The summed E-state index contributed by atoms with van der Waals surface area (Å²) in [5.41, 5.74) is 0.500. The second-order valence-corrected chi connectivity index (χ2v) is 2.37. The molecular formula is C8H10FNO2. The SMILES string of the molecule is NOCCc1cccc(F)c1O. The lowest BCUT2D eigenvalue weighted by molar-refractivity contribution is 0.140. The normalized spacial score (nSPS) is 10.2. The highest BCUT2D eigenvalue weighted by molar-refractivity contribution is 5.33. The van der Waals surface area contributed by atoms with Gasteiger partial charge in [0.15, 0.2) is 11.6 Å². The van der Waals surface area contributed by atoms with Crippen LogP contribution in [0.15, 0.2) is 18.2 Å². The maximum Gasteiger partial charge on any atom is 0.165 e. The van der Waals surface area contributed by atoms with E-state index in [9.17, 15) is 4.39 Å². The van der Waals surface area contributed by atoms with Crippen molar-refractivity contribution in [1.82, 2.24) is 0 Å². The van der Waals surface area contributed by atoms with Crippen LogP contribution in [0.3, 0.4) is 0 Å². The van der Waals surface area contributed by atoms with E-state index in [2.05, 4.69) is 4.84 Å². The van der Waals surface area contributed by atoms with E-state index in [1.54, 1.807) is 6.07 Å². The van der Waals surface area contributed by atoms with Crippen LogP contribution in [0.5, 0.6) is 5.75 Å². The summed E-state index contributed by atoms with van der Waals surface area (Å²) in [6, 6.07) is 4.35. The van der Waals surface area contributed by atoms with Gasteiger partial charge in [-0.15, -0.1) is 0 Å². The summed E-state index contributed by atoms with van der Waals surface area (Å²) in [5.74, 6) is 3.84. The fourth-order valence-electron chi connectivity index (χ4n) is 0.931. The summed E-state index contributed by atoms with van der Waals surface area (Å²) in [6.07, 6.45) is 0.403. The van der Waals surface area contributed by atoms with E-state index in [1.165, 1.54) is 12.1 Å². The van der Waals surface area contributed by atoms with E-state index in [0.29, 0.717) is 12.0 Å². The molecule has 1 aromatic carbocycles. The number of aromatic hydroxyl groups is 1. The molecule has 4 heteroatoms. The number of benzene rings is 1. The van der Waals surface area contributed by atoms with Crippen molar-refractivity contribution in [2.24, 2.45) is 5.90 Å². The average Bonchev–Trinajstić information content (AvgIpc) is 2.08. The van der Waals surface area contributed by atoms with Crippen molar-refractivity contribution in [2.45, 2.75) is 6.42 Å². The van der Waals surface area contributed by atoms with E-state index >= 15 is 0 Å². The van der Waals surface area contributed by atoms with Gasteiger partial charge < -0.3 is 9.94 Å². The van der Waals surface area contributed by atoms with Crippen molar-refractivity contribution in [3.05, 3.63) is 29.6 Å². The first-order valence-corrected chi connectivity index (χ1v) is 3.53. The Kier molecular flexibility index (Phi) is 3.01. The molecule has 66 valence electrons. The molecule has 0 aromatic heterocycles. The van der Waals surface area contributed by atoms with Gasteiger partial charge in [0.25, 0.3) is 0 Å². The average molecular weight is 171 g/mol. The zero-order valence-electron chi connectivity index (χ0n) is 6.46. The number of hydrogen-bond acceptors (Lipinski definition) is 3. The topological polar surface area (TPSA) is 55.5 Å². The first-order chi connectivity index (χ1) is 5.75. The fourth-order valence-corrected chi connectivity index (χ4v) is 0.931. The highest BCUT2D eigenvalue weighted by Gasteiger charge is 2.04. The molecule has 1 aromatic rings. The zero-order valence-corrected chi connectivity index (χ0v) is 6.46. The monoisotopic (exact) mass is 171 g/mol. The van der Waals surface area contributed by atoms with Crippen molar-refractivity contribution in [1.29, 1.82) is 0 Å². The molecule has 0 unspecified atom stereocenters. The number of rotatable bonds is 3. The van der Waals surface area contributed by atoms with Gasteiger partial charge >= 0.3 is 0 Å². The summed E-state index contributed by atoms with van der Waals surface area (Å²) in [4.78, 5) is 4.31. The largest absolute Gasteiger partial charge is 0.505 e. The maximum atomic E-state index is 12.7. The molecule has 0 aliphatic heterocycles. The minimum atomic E-state index is -0.621. The predicted molar refractivity (Wildman–Crippen MR) is 41.9 cm³/mol. The molecule has 0 bridgehead atoms. The Hall–Kier alpha value is -1.13. The highest BCUT2D eigenvalue weighted by Crippen LogP contribution is 2.20. The third kappa shape index (κ3) is 1.93. The Morgan fingerprint density at radius 3 is 2.92 bits per heavy atom. The van der Waals surface area contributed by atoms with Crippen LogP contribution >= 0.6 is 0 Å². The van der Waals surface area contributed by atoms with Crippen molar-refractivity contribution in [2.75, 3.05) is 6.61 Å². The van der Waals surface area contributed by atoms with Crippen LogP contribution in [-0.2, 0) is 11.3 Å². The number of halogens is 1. The summed E-state index contributed by atoms with van der Waals surface area (Å²) >= 11 is 0. The predicted octanol–water partition coefficient (Wildman–Crippen LogP) is 0.964. The van der Waals surface area contributed by atoms with Crippen molar-refractivity contribution >= 4 is 0 Å². The Morgan fingerprint density at radius 1 is 1.50 bits per heavy atom. The highest BCUT2D eigenvalue weighted by atomic mass is 19.1. The molecule has 0 fully saturated rings. The Morgan fingerprint density at radius 2 is 2.25 bits per heavy atom. The number of nitrogens with two attached hydrogens (primary N) is 1. The van der Waals surface area contributed by atoms with Crippen LogP contribution in [0.4, 0.5) is 4.39 Å². The molecule has 0 aliphatic rings. The van der Waals surface area contributed by atoms with E-state index in [-0.39, 0.29) is 12.4 Å². The van der Waals surface area contributed by atoms with E-state index in [0.717, 1.165) is 0 Å². The molecule has 0 spiro atoms. The van der Waals surface area contributed by atoms with Crippen molar-refractivity contribution in [3.8, 4) is 5.75 Å². The van der Waals surface area contributed by atoms with Gasteiger partial charge in [-0.3, -0.25) is 0 Å².